The number of hydrogen-bond donors (Lipinski definition) is 1. The maximum Gasteiger partial charge on any atom is 0.269 e. The van der Waals surface area contributed by atoms with Crippen LogP contribution in [0, 0.1) is 10.1 Å². The first-order valence-corrected chi connectivity index (χ1v) is 4.08. The summed E-state index contributed by atoms with van der Waals surface area (Å²) in [6, 6.07) is 6.56. The van der Waals surface area contributed by atoms with E-state index in [-0.39, 0.29) is 24.1 Å². The summed E-state index contributed by atoms with van der Waals surface area (Å²) in [5.41, 5.74) is 6.74. The SMILES string of the molecule is CC(N)Cc1ccc([N+](=O)[O-])cc1.Cl. The van der Waals surface area contributed by atoms with Crippen molar-refractivity contribution in [2.24, 2.45) is 5.73 Å². The molecule has 0 heterocycles. The molecule has 1 rings (SSSR count). The highest BCUT2D eigenvalue weighted by molar-refractivity contribution is 5.85. The zero-order chi connectivity index (χ0) is 9.84. The van der Waals surface area contributed by atoms with E-state index in [0.29, 0.717) is 0 Å². The van der Waals surface area contributed by atoms with Crippen molar-refractivity contribution >= 4 is 18.1 Å². The maximum atomic E-state index is 10.3. The summed E-state index contributed by atoms with van der Waals surface area (Å²) in [4.78, 5) is 9.91. The molecule has 1 unspecified atom stereocenters. The summed E-state index contributed by atoms with van der Waals surface area (Å²) < 4.78 is 0. The molecule has 1 atom stereocenters. The smallest absolute Gasteiger partial charge is 0.269 e. The highest BCUT2D eigenvalue weighted by atomic mass is 35.5. The second kappa shape index (κ2) is 5.57. The topological polar surface area (TPSA) is 69.2 Å². The van der Waals surface area contributed by atoms with Crippen LogP contribution in [0.15, 0.2) is 24.3 Å². The molecule has 0 aliphatic heterocycles. The van der Waals surface area contributed by atoms with Crippen LogP contribution in [-0.2, 0) is 6.42 Å². The number of nitro benzene ring substituents is 1. The molecule has 0 spiro atoms. The fraction of sp³-hybridized carbons (Fsp3) is 0.333. The summed E-state index contributed by atoms with van der Waals surface area (Å²) in [7, 11) is 0. The molecule has 1 aromatic rings. The minimum Gasteiger partial charge on any atom is -0.328 e. The molecule has 0 saturated carbocycles. The molecule has 1 aromatic carbocycles. The number of nitrogens with two attached hydrogens (primary N) is 1. The van der Waals surface area contributed by atoms with Crippen molar-refractivity contribution in [1.82, 2.24) is 0 Å². The number of hydrogen-bond acceptors (Lipinski definition) is 3. The maximum absolute atomic E-state index is 10.3. The van der Waals surface area contributed by atoms with Gasteiger partial charge in [-0.15, -0.1) is 12.4 Å². The molecule has 2 N–H and O–H groups in total. The van der Waals surface area contributed by atoms with Gasteiger partial charge >= 0.3 is 0 Å². The minimum absolute atomic E-state index is 0. The van der Waals surface area contributed by atoms with Gasteiger partial charge < -0.3 is 5.73 Å². The van der Waals surface area contributed by atoms with E-state index in [1.54, 1.807) is 12.1 Å². The monoisotopic (exact) mass is 216 g/mol. The minimum atomic E-state index is -0.407. The van der Waals surface area contributed by atoms with Crippen LogP contribution < -0.4 is 5.73 Å². The van der Waals surface area contributed by atoms with Gasteiger partial charge in [0.1, 0.15) is 0 Å². The fourth-order valence-electron chi connectivity index (χ4n) is 1.13. The van der Waals surface area contributed by atoms with Gasteiger partial charge in [-0.3, -0.25) is 10.1 Å². The van der Waals surface area contributed by atoms with E-state index in [2.05, 4.69) is 0 Å². The molecule has 78 valence electrons. The van der Waals surface area contributed by atoms with E-state index in [9.17, 15) is 10.1 Å². The van der Waals surface area contributed by atoms with Crippen LogP contribution in [-0.4, -0.2) is 11.0 Å². The van der Waals surface area contributed by atoms with Crippen molar-refractivity contribution in [1.29, 1.82) is 0 Å². The van der Waals surface area contributed by atoms with Crippen LogP contribution in [0.4, 0.5) is 5.69 Å². The molecule has 0 fully saturated rings. The van der Waals surface area contributed by atoms with E-state index in [0.717, 1.165) is 12.0 Å². The molecule has 0 saturated heterocycles. The molecule has 0 aliphatic carbocycles. The van der Waals surface area contributed by atoms with Gasteiger partial charge in [-0.05, 0) is 18.9 Å². The Labute approximate surface area is 88.7 Å². The van der Waals surface area contributed by atoms with Crippen molar-refractivity contribution < 1.29 is 4.92 Å². The number of benzene rings is 1. The quantitative estimate of drug-likeness (QED) is 0.620. The normalized spacial score (nSPS) is 11.6. The predicted molar refractivity (Wildman–Crippen MR) is 57.7 cm³/mol. The van der Waals surface area contributed by atoms with Gasteiger partial charge in [0, 0.05) is 18.2 Å². The van der Waals surface area contributed by atoms with Crippen molar-refractivity contribution in [3.63, 3.8) is 0 Å². The van der Waals surface area contributed by atoms with Gasteiger partial charge in [-0.1, -0.05) is 12.1 Å². The number of halogens is 1. The largest absolute Gasteiger partial charge is 0.328 e. The number of nitro groups is 1. The molecular weight excluding hydrogens is 204 g/mol. The number of rotatable bonds is 3. The lowest BCUT2D eigenvalue weighted by atomic mass is 10.1. The molecular formula is C9H13ClN2O2. The van der Waals surface area contributed by atoms with Crippen LogP contribution in [0.3, 0.4) is 0 Å². The van der Waals surface area contributed by atoms with Crippen molar-refractivity contribution in [3.05, 3.63) is 39.9 Å². The lowest BCUT2D eigenvalue weighted by Crippen LogP contribution is -2.17. The van der Waals surface area contributed by atoms with Crippen LogP contribution in [0.2, 0.25) is 0 Å². The lowest BCUT2D eigenvalue weighted by molar-refractivity contribution is -0.384. The van der Waals surface area contributed by atoms with E-state index in [1.165, 1.54) is 12.1 Å². The Morgan fingerprint density at radius 2 is 1.93 bits per heavy atom. The molecule has 0 bridgehead atoms. The number of non-ortho nitro benzene ring substituents is 1. The van der Waals surface area contributed by atoms with Crippen LogP contribution in [0.5, 0.6) is 0 Å². The molecule has 0 aromatic heterocycles. The van der Waals surface area contributed by atoms with Crippen molar-refractivity contribution in [2.75, 3.05) is 0 Å². The van der Waals surface area contributed by atoms with Crippen molar-refractivity contribution in [2.45, 2.75) is 19.4 Å². The molecule has 4 nitrogen and oxygen atoms in total. The molecule has 5 heteroatoms. The third-order valence-corrected chi connectivity index (χ3v) is 1.70. The summed E-state index contributed by atoms with van der Waals surface area (Å²) in [6.45, 7) is 1.90. The average molecular weight is 217 g/mol. The second-order valence-electron chi connectivity index (χ2n) is 3.10. The zero-order valence-corrected chi connectivity index (χ0v) is 8.66. The Morgan fingerprint density at radius 3 is 2.29 bits per heavy atom. The van der Waals surface area contributed by atoms with Gasteiger partial charge in [0.05, 0.1) is 4.92 Å². The van der Waals surface area contributed by atoms with Crippen molar-refractivity contribution in [3.8, 4) is 0 Å². The van der Waals surface area contributed by atoms with Gasteiger partial charge in [0.2, 0.25) is 0 Å². The standard InChI is InChI=1S/C9H12N2O2.ClH/c1-7(10)6-8-2-4-9(5-3-8)11(12)13;/h2-5,7H,6,10H2,1H3;1H. The Morgan fingerprint density at radius 1 is 1.43 bits per heavy atom. The first-order chi connectivity index (χ1) is 6.09. The Balaban J connectivity index is 0.00000169. The Bertz CT molecular complexity index is 298. The van der Waals surface area contributed by atoms with E-state index >= 15 is 0 Å². The predicted octanol–water partition coefficient (Wildman–Crippen LogP) is 1.91. The van der Waals surface area contributed by atoms with Gasteiger partial charge in [0.15, 0.2) is 0 Å². The average Bonchev–Trinajstić information content (AvgIpc) is 2.04. The van der Waals surface area contributed by atoms with E-state index < -0.39 is 4.92 Å². The second-order valence-corrected chi connectivity index (χ2v) is 3.10. The first kappa shape index (κ1) is 12.9. The lowest BCUT2D eigenvalue weighted by Gasteiger charge is -2.03. The molecule has 0 aliphatic rings. The van der Waals surface area contributed by atoms with Crippen LogP contribution >= 0.6 is 12.4 Å². The zero-order valence-electron chi connectivity index (χ0n) is 7.84. The van der Waals surface area contributed by atoms with E-state index in [4.69, 9.17) is 5.73 Å². The molecule has 0 amide bonds. The van der Waals surface area contributed by atoms with Crippen LogP contribution in [0.25, 0.3) is 0 Å². The summed E-state index contributed by atoms with van der Waals surface area (Å²) in [6.07, 6.45) is 0.748. The fourth-order valence-corrected chi connectivity index (χ4v) is 1.13. The summed E-state index contributed by atoms with van der Waals surface area (Å²) >= 11 is 0. The highest BCUT2D eigenvalue weighted by Gasteiger charge is 2.04. The van der Waals surface area contributed by atoms with Gasteiger partial charge in [-0.25, -0.2) is 0 Å². The number of nitrogens with zero attached hydrogens (tertiary/aromatic N) is 1. The highest BCUT2D eigenvalue weighted by Crippen LogP contribution is 2.12. The van der Waals surface area contributed by atoms with Gasteiger partial charge in [0.25, 0.3) is 5.69 Å². The summed E-state index contributed by atoms with van der Waals surface area (Å²) in [5.74, 6) is 0. The first-order valence-electron chi connectivity index (χ1n) is 4.08. The molecule has 0 radical (unpaired) electrons. The third-order valence-electron chi connectivity index (χ3n) is 1.70. The third kappa shape index (κ3) is 3.72. The molecule has 14 heavy (non-hydrogen) atoms. The van der Waals surface area contributed by atoms with Gasteiger partial charge in [-0.2, -0.15) is 0 Å². The Kier molecular flexibility index (Phi) is 5.12. The van der Waals surface area contributed by atoms with E-state index in [1.807, 2.05) is 6.92 Å². The summed E-state index contributed by atoms with van der Waals surface area (Å²) in [5, 5.41) is 10.3. The Hall–Kier alpha value is -1.13. The van der Waals surface area contributed by atoms with Crippen LogP contribution in [0.1, 0.15) is 12.5 Å².